The maximum atomic E-state index is 13.2. The van der Waals surface area contributed by atoms with Gasteiger partial charge in [-0.25, -0.2) is 12.8 Å². The molecule has 2 aromatic carbocycles. The van der Waals surface area contributed by atoms with Crippen LogP contribution in [0.25, 0.3) is 0 Å². The second-order valence-electron chi connectivity index (χ2n) is 7.99. The first-order chi connectivity index (χ1) is 15.9. The van der Waals surface area contributed by atoms with Crippen LogP contribution in [0.2, 0.25) is 0 Å². The molecule has 3 aromatic rings. The van der Waals surface area contributed by atoms with Gasteiger partial charge in [-0.1, -0.05) is 18.2 Å². The lowest BCUT2D eigenvalue weighted by atomic mass is 10.0. The first-order valence-corrected chi connectivity index (χ1v) is 12.3. The van der Waals surface area contributed by atoms with E-state index in [2.05, 4.69) is 4.98 Å². The van der Waals surface area contributed by atoms with Crippen LogP contribution in [-0.4, -0.2) is 36.1 Å². The second-order valence-corrected chi connectivity index (χ2v) is 9.88. The van der Waals surface area contributed by atoms with Crippen LogP contribution in [0.3, 0.4) is 0 Å². The molecule has 0 unspecified atom stereocenters. The quantitative estimate of drug-likeness (QED) is 0.471. The standard InChI is InChI=1S/C25H25FN2O4S/c26-21-9-11-23(12-10-21)33(30,31)28-15-3-7-24(28)25(29)13-8-19-4-1-6-22(16-19)32-18-20-5-2-14-27-17-20/h1-2,4-6,9-12,14,16-17,24H,3,7-8,13,15,18H2/t24-/m0/s1. The largest absolute Gasteiger partial charge is 0.489 e. The van der Waals surface area contributed by atoms with E-state index in [9.17, 15) is 17.6 Å². The van der Waals surface area contributed by atoms with Crippen LogP contribution >= 0.6 is 0 Å². The summed E-state index contributed by atoms with van der Waals surface area (Å²) in [5.74, 6) is 0.0831. The number of ketones is 1. The first kappa shape index (κ1) is 23.1. The van der Waals surface area contributed by atoms with E-state index in [0.717, 1.165) is 23.3 Å². The molecule has 2 heterocycles. The van der Waals surface area contributed by atoms with Gasteiger partial charge in [-0.15, -0.1) is 0 Å². The number of rotatable bonds is 9. The van der Waals surface area contributed by atoms with Crippen LogP contribution in [-0.2, 0) is 27.8 Å². The predicted octanol–water partition coefficient (Wildman–Crippen LogP) is 4.15. The summed E-state index contributed by atoms with van der Waals surface area (Å²) in [5.41, 5.74) is 1.90. The van der Waals surface area contributed by atoms with Gasteiger partial charge in [0.2, 0.25) is 10.0 Å². The lowest BCUT2D eigenvalue weighted by Crippen LogP contribution is -2.40. The monoisotopic (exact) mass is 468 g/mol. The summed E-state index contributed by atoms with van der Waals surface area (Å²) >= 11 is 0. The van der Waals surface area contributed by atoms with Crippen molar-refractivity contribution in [3.8, 4) is 5.75 Å². The average molecular weight is 469 g/mol. The fraction of sp³-hybridized carbons (Fsp3) is 0.280. The molecule has 1 saturated heterocycles. The van der Waals surface area contributed by atoms with Gasteiger partial charge >= 0.3 is 0 Å². The number of aromatic nitrogens is 1. The fourth-order valence-electron chi connectivity index (χ4n) is 3.97. The molecule has 0 saturated carbocycles. The van der Waals surface area contributed by atoms with Crippen LogP contribution in [0.1, 0.15) is 30.4 Å². The van der Waals surface area contributed by atoms with Crippen molar-refractivity contribution >= 4 is 15.8 Å². The molecule has 1 aromatic heterocycles. The van der Waals surface area contributed by atoms with Crippen molar-refractivity contribution in [3.63, 3.8) is 0 Å². The minimum atomic E-state index is -3.85. The van der Waals surface area contributed by atoms with Crippen LogP contribution in [0.15, 0.2) is 78.0 Å². The van der Waals surface area contributed by atoms with E-state index < -0.39 is 21.9 Å². The van der Waals surface area contributed by atoms with Crippen molar-refractivity contribution in [1.29, 1.82) is 0 Å². The van der Waals surface area contributed by atoms with Crippen LogP contribution in [0.5, 0.6) is 5.75 Å². The molecule has 1 aliphatic heterocycles. The van der Waals surface area contributed by atoms with Gasteiger partial charge in [0.25, 0.3) is 0 Å². The third-order valence-electron chi connectivity index (χ3n) is 5.68. The molecule has 0 bridgehead atoms. The number of carbonyl (C=O) groups is 1. The summed E-state index contributed by atoms with van der Waals surface area (Å²) in [5, 5.41) is 0. The molecule has 1 aliphatic rings. The number of nitrogens with zero attached hydrogens (tertiary/aromatic N) is 2. The minimum absolute atomic E-state index is 0.00191. The first-order valence-electron chi connectivity index (χ1n) is 10.8. The molecule has 0 amide bonds. The average Bonchev–Trinajstić information content (AvgIpc) is 3.34. The summed E-state index contributed by atoms with van der Waals surface area (Å²) in [6, 6.07) is 15.3. The van der Waals surface area contributed by atoms with E-state index in [4.69, 9.17) is 4.74 Å². The zero-order valence-electron chi connectivity index (χ0n) is 18.1. The highest BCUT2D eigenvalue weighted by Gasteiger charge is 2.38. The topological polar surface area (TPSA) is 76.6 Å². The van der Waals surface area contributed by atoms with Crippen molar-refractivity contribution in [2.45, 2.75) is 43.2 Å². The summed E-state index contributed by atoms with van der Waals surface area (Å²) in [4.78, 5) is 17.0. The van der Waals surface area contributed by atoms with Gasteiger partial charge in [-0.05, 0) is 67.3 Å². The van der Waals surface area contributed by atoms with Crippen LogP contribution in [0, 0.1) is 5.82 Å². The van der Waals surface area contributed by atoms with Gasteiger partial charge in [0.1, 0.15) is 18.2 Å². The van der Waals surface area contributed by atoms with Gasteiger partial charge in [0.15, 0.2) is 5.78 Å². The summed E-state index contributed by atoms with van der Waals surface area (Å²) in [7, 11) is -3.85. The molecule has 0 spiro atoms. The Morgan fingerprint density at radius 1 is 1.09 bits per heavy atom. The smallest absolute Gasteiger partial charge is 0.243 e. The molecule has 6 nitrogen and oxygen atoms in total. The second kappa shape index (κ2) is 10.2. The number of hydrogen-bond acceptors (Lipinski definition) is 5. The molecule has 172 valence electrons. The Bertz CT molecular complexity index is 1200. The number of benzene rings is 2. The zero-order chi connectivity index (χ0) is 23.3. The molecule has 1 fully saturated rings. The third kappa shape index (κ3) is 5.64. The van der Waals surface area contributed by atoms with Crippen LogP contribution in [0.4, 0.5) is 4.39 Å². The lowest BCUT2D eigenvalue weighted by molar-refractivity contribution is -0.122. The Hall–Kier alpha value is -3.10. The summed E-state index contributed by atoms with van der Waals surface area (Å²) in [6.45, 7) is 0.683. The number of ether oxygens (including phenoxy) is 1. The number of halogens is 1. The fourth-order valence-corrected chi connectivity index (χ4v) is 5.64. The highest BCUT2D eigenvalue weighted by atomic mass is 32.2. The Balaban J connectivity index is 1.37. The molecule has 0 radical (unpaired) electrons. The van der Waals surface area contributed by atoms with Crippen LogP contribution < -0.4 is 4.74 Å². The van der Waals surface area contributed by atoms with Crippen molar-refractivity contribution < 1.29 is 22.3 Å². The number of carbonyl (C=O) groups excluding carboxylic acids is 1. The number of pyridine rings is 1. The minimum Gasteiger partial charge on any atom is -0.489 e. The number of Topliss-reactive ketones (excluding diaryl/α,β-unsaturated/α-hetero) is 1. The Labute approximate surface area is 193 Å². The summed E-state index contributed by atoms with van der Waals surface area (Å²) < 4.78 is 46.3. The van der Waals surface area contributed by atoms with E-state index in [1.54, 1.807) is 12.4 Å². The Morgan fingerprint density at radius 2 is 1.88 bits per heavy atom. The van der Waals surface area contributed by atoms with E-state index in [-0.39, 0.29) is 23.6 Å². The number of aryl methyl sites for hydroxylation is 1. The van der Waals surface area contributed by atoms with Gasteiger partial charge < -0.3 is 4.74 Å². The molecule has 4 rings (SSSR count). The molecule has 0 aliphatic carbocycles. The van der Waals surface area contributed by atoms with E-state index in [0.29, 0.717) is 31.6 Å². The maximum absolute atomic E-state index is 13.2. The number of sulfonamides is 1. The third-order valence-corrected chi connectivity index (χ3v) is 7.60. The molecular weight excluding hydrogens is 443 g/mol. The lowest BCUT2D eigenvalue weighted by Gasteiger charge is -2.23. The van der Waals surface area contributed by atoms with Crippen molar-refractivity contribution in [2.24, 2.45) is 0 Å². The number of hydrogen-bond donors (Lipinski definition) is 0. The molecule has 1 atom stereocenters. The van der Waals surface area contributed by atoms with Crippen molar-refractivity contribution in [2.75, 3.05) is 6.54 Å². The zero-order valence-corrected chi connectivity index (χ0v) is 18.9. The van der Waals surface area contributed by atoms with Gasteiger partial charge in [0.05, 0.1) is 10.9 Å². The van der Waals surface area contributed by atoms with Gasteiger partial charge in [0, 0.05) is 30.9 Å². The van der Waals surface area contributed by atoms with Gasteiger partial charge in [-0.3, -0.25) is 9.78 Å². The van der Waals surface area contributed by atoms with E-state index >= 15 is 0 Å². The Kier molecular flexibility index (Phi) is 7.15. The van der Waals surface area contributed by atoms with E-state index in [1.807, 2.05) is 36.4 Å². The SMILES string of the molecule is O=C(CCc1cccc(OCc2cccnc2)c1)[C@@H]1CCCN1S(=O)(=O)c1ccc(F)cc1. The Morgan fingerprint density at radius 3 is 2.64 bits per heavy atom. The summed E-state index contributed by atoms with van der Waals surface area (Å²) in [6.07, 6.45) is 5.28. The maximum Gasteiger partial charge on any atom is 0.243 e. The van der Waals surface area contributed by atoms with E-state index in [1.165, 1.54) is 16.4 Å². The molecule has 8 heteroatoms. The highest BCUT2D eigenvalue weighted by Crippen LogP contribution is 2.28. The molecular formula is C25H25FN2O4S. The predicted molar refractivity (Wildman–Crippen MR) is 122 cm³/mol. The normalized spacial score (nSPS) is 16.6. The van der Waals surface area contributed by atoms with Crippen molar-refractivity contribution in [1.82, 2.24) is 9.29 Å². The molecule has 0 N–H and O–H groups in total. The van der Waals surface area contributed by atoms with Gasteiger partial charge in [-0.2, -0.15) is 4.31 Å². The highest BCUT2D eigenvalue weighted by molar-refractivity contribution is 7.89. The van der Waals surface area contributed by atoms with Crippen molar-refractivity contribution in [3.05, 3.63) is 90.0 Å². The molecule has 33 heavy (non-hydrogen) atoms.